The molecule has 2 aliphatic rings. The third kappa shape index (κ3) is 1.27. The lowest BCUT2D eigenvalue weighted by molar-refractivity contribution is -0.151. The van der Waals surface area contributed by atoms with Gasteiger partial charge in [-0.15, -0.1) is 0 Å². The molecule has 0 radical (unpaired) electrons. The number of hydrogen-bond donors (Lipinski definition) is 1. The van der Waals surface area contributed by atoms with Gasteiger partial charge in [0.1, 0.15) is 0 Å². The van der Waals surface area contributed by atoms with Crippen molar-refractivity contribution in [2.45, 2.75) is 32.6 Å². The van der Waals surface area contributed by atoms with Crippen molar-refractivity contribution in [1.29, 1.82) is 0 Å². The van der Waals surface area contributed by atoms with Crippen molar-refractivity contribution in [2.75, 3.05) is 0 Å². The van der Waals surface area contributed by atoms with Crippen LogP contribution in [0.25, 0.3) is 0 Å². The molecule has 0 amide bonds. The summed E-state index contributed by atoms with van der Waals surface area (Å²) >= 11 is 0. The molecule has 2 fully saturated rings. The quantitative estimate of drug-likeness (QED) is 0.611. The summed E-state index contributed by atoms with van der Waals surface area (Å²) in [6.45, 7) is 1.92. The van der Waals surface area contributed by atoms with E-state index in [0.717, 1.165) is 18.8 Å². The average molecular weight is 181 g/mol. The summed E-state index contributed by atoms with van der Waals surface area (Å²) in [5.41, 5.74) is -0.372. The Morgan fingerprint density at radius 1 is 1.50 bits per heavy atom. The van der Waals surface area contributed by atoms with Crippen molar-refractivity contribution in [3.05, 3.63) is 0 Å². The molecule has 3 atom stereocenters. The fourth-order valence-electron chi connectivity index (χ4n) is 2.87. The summed E-state index contributed by atoms with van der Waals surface area (Å²) in [4.78, 5) is 10.9. The summed E-state index contributed by atoms with van der Waals surface area (Å²) in [5, 5.41) is 8.99. The van der Waals surface area contributed by atoms with Crippen LogP contribution in [0.15, 0.2) is 0 Å². The van der Waals surface area contributed by atoms with Crippen LogP contribution in [0.3, 0.4) is 0 Å². The van der Waals surface area contributed by atoms with Crippen LogP contribution in [0.2, 0.25) is 0 Å². The SMILES string of the molecule is CC1(C(=O)O)CC2CCC1C2.[MgH2]. The van der Waals surface area contributed by atoms with Gasteiger partial charge in [0.15, 0.2) is 0 Å². The summed E-state index contributed by atoms with van der Waals surface area (Å²) in [7, 11) is 0. The van der Waals surface area contributed by atoms with Crippen molar-refractivity contribution in [3.63, 3.8) is 0 Å². The van der Waals surface area contributed by atoms with Crippen molar-refractivity contribution < 1.29 is 9.90 Å². The highest BCUT2D eigenvalue weighted by atomic mass is 24.3. The van der Waals surface area contributed by atoms with Crippen LogP contribution in [0.4, 0.5) is 0 Å². The van der Waals surface area contributed by atoms with Crippen LogP contribution in [-0.2, 0) is 4.79 Å². The standard InChI is InChI=1S/C9H14O2.Mg.2H/c1-9(8(10)11)5-6-2-3-7(9)4-6;;;/h6-7H,2-5H2,1H3,(H,10,11);;;. The topological polar surface area (TPSA) is 37.3 Å². The van der Waals surface area contributed by atoms with E-state index in [4.69, 9.17) is 5.11 Å². The van der Waals surface area contributed by atoms with Crippen molar-refractivity contribution in [2.24, 2.45) is 17.3 Å². The Balaban J connectivity index is 0.000000720. The minimum Gasteiger partial charge on any atom is -0.481 e. The molecule has 2 bridgehead atoms. The van der Waals surface area contributed by atoms with Gasteiger partial charge in [-0.3, -0.25) is 4.79 Å². The highest BCUT2D eigenvalue weighted by Gasteiger charge is 2.52. The van der Waals surface area contributed by atoms with E-state index in [0.29, 0.717) is 5.92 Å². The first-order valence-corrected chi connectivity index (χ1v) is 4.36. The molecule has 0 saturated heterocycles. The molecule has 2 nitrogen and oxygen atoms in total. The largest absolute Gasteiger partial charge is 0.481 e. The molecule has 2 saturated carbocycles. The lowest BCUT2D eigenvalue weighted by atomic mass is 9.75. The monoisotopic (exact) mass is 180 g/mol. The third-order valence-electron chi connectivity index (χ3n) is 3.64. The van der Waals surface area contributed by atoms with Crippen LogP contribution in [0, 0.1) is 17.3 Å². The van der Waals surface area contributed by atoms with Crippen LogP contribution >= 0.6 is 0 Å². The van der Waals surface area contributed by atoms with Gasteiger partial charge in [0.05, 0.1) is 5.41 Å². The van der Waals surface area contributed by atoms with Gasteiger partial charge < -0.3 is 5.11 Å². The maximum Gasteiger partial charge on any atom is 0.316 e. The molecule has 0 aromatic heterocycles. The number of aliphatic carboxylic acids is 1. The van der Waals surface area contributed by atoms with Gasteiger partial charge in [0, 0.05) is 0 Å². The van der Waals surface area contributed by atoms with Crippen molar-refractivity contribution >= 4 is 29.0 Å². The predicted octanol–water partition coefficient (Wildman–Crippen LogP) is 0.981. The zero-order valence-electron chi connectivity index (χ0n) is 6.84. The Kier molecular flexibility index (Phi) is 2.74. The number of fused-ring (bicyclic) bond motifs is 2. The van der Waals surface area contributed by atoms with Gasteiger partial charge in [-0.1, -0.05) is 6.42 Å². The molecular weight excluding hydrogens is 164 g/mol. The predicted molar refractivity (Wildman–Crippen MR) is 49.7 cm³/mol. The number of rotatable bonds is 1. The zero-order valence-corrected chi connectivity index (χ0v) is 6.84. The normalized spacial score (nSPS) is 44.1. The van der Waals surface area contributed by atoms with E-state index < -0.39 is 5.97 Å². The summed E-state index contributed by atoms with van der Waals surface area (Å²) in [6.07, 6.45) is 4.51. The minimum absolute atomic E-state index is 0. The smallest absolute Gasteiger partial charge is 0.316 e. The number of carboxylic acid groups (broad SMARTS) is 1. The van der Waals surface area contributed by atoms with E-state index >= 15 is 0 Å². The second kappa shape index (κ2) is 3.18. The van der Waals surface area contributed by atoms with Gasteiger partial charge in [-0.2, -0.15) is 0 Å². The molecule has 0 aromatic rings. The van der Waals surface area contributed by atoms with Crippen molar-refractivity contribution in [3.8, 4) is 0 Å². The Hall–Kier alpha value is 0.236. The molecular formula is C9H16MgO2. The Morgan fingerprint density at radius 2 is 2.17 bits per heavy atom. The van der Waals surface area contributed by atoms with E-state index in [1.807, 2.05) is 6.92 Å². The van der Waals surface area contributed by atoms with E-state index in [-0.39, 0.29) is 28.5 Å². The second-order valence-corrected chi connectivity index (χ2v) is 4.30. The first-order chi connectivity index (χ1) is 5.13. The van der Waals surface area contributed by atoms with Crippen LogP contribution in [0.5, 0.6) is 0 Å². The average Bonchev–Trinajstić information content (AvgIpc) is 2.45. The summed E-state index contributed by atoms with van der Waals surface area (Å²) in [5.74, 6) is 0.621. The number of carboxylic acids is 1. The van der Waals surface area contributed by atoms with E-state index in [9.17, 15) is 4.79 Å². The molecule has 0 aromatic carbocycles. The summed E-state index contributed by atoms with van der Waals surface area (Å²) < 4.78 is 0. The maximum absolute atomic E-state index is 10.9. The molecule has 3 unspecified atom stereocenters. The summed E-state index contributed by atoms with van der Waals surface area (Å²) in [6, 6.07) is 0. The molecule has 1 N–H and O–H groups in total. The van der Waals surface area contributed by atoms with Gasteiger partial charge in [0.2, 0.25) is 0 Å². The Morgan fingerprint density at radius 3 is 2.42 bits per heavy atom. The molecule has 2 rings (SSSR count). The molecule has 0 spiro atoms. The van der Waals surface area contributed by atoms with E-state index in [2.05, 4.69) is 0 Å². The van der Waals surface area contributed by atoms with Crippen LogP contribution in [-0.4, -0.2) is 34.1 Å². The Bertz CT molecular complexity index is 205. The molecule has 0 heterocycles. The lowest BCUT2D eigenvalue weighted by Gasteiger charge is -2.28. The highest BCUT2D eigenvalue weighted by Crippen LogP contribution is 2.55. The fraction of sp³-hybridized carbons (Fsp3) is 0.889. The van der Waals surface area contributed by atoms with Crippen LogP contribution < -0.4 is 0 Å². The number of hydrogen-bond acceptors (Lipinski definition) is 1. The molecule has 2 aliphatic carbocycles. The molecule has 12 heavy (non-hydrogen) atoms. The third-order valence-corrected chi connectivity index (χ3v) is 3.64. The van der Waals surface area contributed by atoms with Gasteiger partial charge in [-0.05, 0) is 38.0 Å². The molecule has 66 valence electrons. The van der Waals surface area contributed by atoms with Crippen molar-refractivity contribution in [1.82, 2.24) is 0 Å². The lowest BCUT2D eigenvalue weighted by Crippen LogP contribution is -2.32. The van der Waals surface area contributed by atoms with Gasteiger partial charge in [0.25, 0.3) is 0 Å². The highest BCUT2D eigenvalue weighted by molar-refractivity contribution is 5.75. The fourth-order valence-corrected chi connectivity index (χ4v) is 2.87. The van der Waals surface area contributed by atoms with E-state index in [1.165, 1.54) is 12.8 Å². The maximum atomic E-state index is 10.9. The first kappa shape index (κ1) is 10.3. The molecule has 0 aliphatic heterocycles. The van der Waals surface area contributed by atoms with E-state index in [1.54, 1.807) is 0 Å². The second-order valence-electron chi connectivity index (χ2n) is 4.30. The van der Waals surface area contributed by atoms with Gasteiger partial charge in [-0.25, -0.2) is 0 Å². The van der Waals surface area contributed by atoms with Gasteiger partial charge >= 0.3 is 29.0 Å². The number of carbonyl (C=O) groups is 1. The Labute approximate surface area is 88.9 Å². The zero-order chi connectivity index (χ0) is 8.06. The molecule has 3 heteroatoms. The van der Waals surface area contributed by atoms with Crippen LogP contribution in [0.1, 0.15) is 32.6 Å². The first-order valence-electron chi connectivity index (χ1n) is 4.36. The minimum atomic E-state index is -0.579.